The maximum atomic E-state index is 11.8. The third-order valence-corrected chi connectivity index (χ3v) is 3.40. The van der Waals surface area contributed by atoms with Gasteiger partial charge in [0.15, 0.2) is 0 Å². The summed E-state index contributed by atoms with van der Waals surface area (Å²) in [5.74, 6) is 0.841. The lowest BCUT2D eigenvalue weighted by atomic mass is 10.1. The van der Waals surface area contributed by atoms with Gasteiger partial charge >= 0.3 is 6.03 Å². The quantitative estimate of drug-likeness (QED) is 0.893. The number of carbonyl (C=O) groups is 1. The number of hydrogen-bond donors (Lipinski definition) is 1. The van der Waals surface area contributed by atoms with Crippen LogP contribution in [0.4, 0.5) is 4.79 Å². The van der Waals surface area contributed by atoms with Crippen molar-refractivity contribution in [2.24, 2.45) is 5.73 Å². The molecule has 0 aromatic heterocycles. The zero-order valence-electron chi connectivity index (χ0n) is 12.4. The van der Waals surface area contributed by atoms with Crippen LogP contribution in [0.3, 0.4) is 0 Å². The van der Waals surface area contributed by atoms with E-state index in [0.29, 0.717) is 6.54 Å². The largest absolute Gasteiger partial charge is 0.491 e. The summed E-state index contributed by atoms with van der Waals surface area (Å²) in [6.45, 7) is 6.06. The predicted molar refractivity (Wildman–Crippen MR) is 78.7 cm³/mol. The molecule has 1 aliphatic heterocycles. The molecule has 1 heterocycles. The Morgan fingerprint density at radius 3 is 2.40 bits per heavy atom. The van der Waals surface area contributed by atoms with E-state index in [0.717, 1.165) is 24.4 Å². The molecule has 2 N–H and O–H groups in total. The van der Waals surface area contributed by atoms with Gasteiger partial charge in [-0.3, -0.25) is 0 Å². The van der Waals surface area contributed by atoms with Crippen LogP contribution < -0.4 is 10.5 Å². The highest BCUT2D eigenvalue weighted by molar-refractivity contribution is 5.76. The Morgan fingerprint density at radius 1 is 1.25 bits per heavy atom. The summed E-state index contributed by atoms with van der Waals surface area (Å²) in [4.78, 5) is 15.3. The summed E-state index contributed by atoms with van der Waals surface area (Å²) in [6.07, 6.45) is 0.160. The number of nitrogens with two attached hydrogens (primary N) is 1. The lowest BCUT2D eigenvalue weighted by Gasteiger charge is -2.21. The minimum absolute atomic E-state index is 0.0558. The Kier molecular flexibility index (Phi) is 4.49. The standard InChI is InChI=1S/C15H23N3O2/c1-11(2)20-13-6-4-12(5-7-13)14(16)10-18-9-8-17(3)15(18)19/h4-7,11,14H,8-10,16H2,1-3H3. The van der Waals surface area contributed by atoms with Crippen molar-refractivity contribution in [2.75, 3.05) is 26.7 Å². The number of carbonyl (C=O) groups excluding carboxylic acids is 1. The minimum Gasteiger partial charge on any atom is -0.491 e. The molecule has 1 fully saturated rings. The summed E-state index contributed by atoms with van der Waals surface area (Å²) in [6, 6.07) is 7.67. The first-order valence-electron chi connectivity index (χ1n) is 6.99. The molecule has 0 saturated carbocycles. The van der Waals surface area contributed by atoms with Crippen molar-refractivity contribution in [1.29, 1.82) is 0 Å². The van der Waals surface area contributed by atoms with Crippen LogP contribution in [0, 0.1) is 0 Å². The van der Waals surface area contributed by atoms with Crippen LogP contribution in [0.2, 0.25) is 0 Å². The smallest absolute Gasteiger partial charge is 0.319 e. The fourth-order valence-corrected chi connectivity index (χ4v) is 2.28. The van der Waals surface area contributed by atoms with E-state index in [-0.39, 0.29) is 18.2 Å². The number of urea groups is 1. The Bertz CT molecular complexity index is 459. The van der Waals surface area contributed by atoms with Crippen LogP contribution in [-0.4, -0.2) is 48.6 Å². The van der Waals surface area contributed by atoms with Gasteiger partial charge in [-0.15, -0.1) is 0 Å². The number of rotatable bonds is 5. The maximum absolute atomic E-state index is 11.8. The predicted octanol–water partition coefficient (Wildman–Crippen LogP) is 1.84. The zero-order chi connectivity index (χ0) is 14.7. The van der Waals surface area contributed by atoms with Crippen molar-refractivity contribution >= 4 is 6.03 Å². The van der Waals surface area contributed by atoms with Crippen molar-refractivity contribution in [2.45, 2.75) is 26.0 Å². The summed E-state index contributed by atoms with van der Waals surface area (Å²) in [5, 5.41) is 0. The Balaban J connectivity index is 1.95. The maximum Gasteiger partial charge on any atom is 0.319 e. The van der Waals surface area contributed by atoms with Crippen molar-refractivity contribution in [1.82, 2.24) is 9.80 Å². The molecule has 110 valence electrons. The fraction of sp³-hybridized carbons (Fsp3) is 0.533. The summed E-state index contributed by atoms with van der Waals surface area (Å²) in [5.41, 5.74) is 7.20. The molecule has 1 aromatic carbocycles. The molecule has 0 aliphatic carbocycles. The first kappa shape index (κ1) is 14.7. The second-order valence-corrected chi connectivity index (χ2v) is 5.49. The van der Waals surface area contributed by atoms with Gasteiger partial charge in [0.1, 0.15) is 5.75 Å². The Labute approximate surface area is 120 Å². The van der Waals surface area contributed by atoms with Crippen LogP contribution in [0.15, 0.2) is 24.3 Å². The number of nitrogens with zero attached hydrogens (tertiary/aromatic N) is 2. The molecule has 0 radical (unpaired) electrons. The highest BCUT2D eigenvalue weighted by Gasteiger charge is 2.26. The molecule has 5 heteroatoms. The van der Waals surface area contributed by atoms with Crippen molar-refractivity contribution in [3.8, 4) is 5.75 Å². The van der Waals surface area contributed by atoms with Gasteiger partial charge in [-0.05, 0) is 31.5 Å². The normalized spacial score (nSPS) is 16.9. The van der Waals surface area contributed by atoms with E-state index in [2.05, 4.69) is 0 Å². The van der Waals surface area contributed by atoms with Crippen molar-refractivity contribution < 1.29 is 9.53 Å². The van der Waals surface area contributed by atoms with Gasteiger partial charge in [0.25, 0.3) is 0 Å². The summed E-state index contributed by atoms with van der Waals surface area (Å²) < 4.78 is 5.60. The molecule has 1 saturated heterocycles. The van der Waals surface area contributed by atoms with Gasteiger partial charge in [-0.1, -0.05) is 12.1 Å². The number of benzene rings is 1. The Hall–Kier alpha value is -1.75. The van der Waals surface area contributed by atoms with Gasteiger partial charge < -0.3 is 20.3 Å². The van der Waals surface area contributed by atoms with Crippen LogP contribution >= 0.6 is 0 Å². The zero-order valence-corrected chi connectivity index (χ0v) is 12.4. The average Bonchev–Trinajstić information content (AvgIpc) is 2.71. The molecule has 2 rings (SSSR count). The molecule has 1 unspecified atom stereocenters. The van der Waals surface area contributed by atoms with Gasteiger partial charge in [0, 0.05) is 32.7 Å². The first-order chi connectivity index (χ1) is 9.47. The molecule has 20 heavy (non-hydrogen) atoms. The van der Waals surface area contributed by atoms with Crippen LogP contribution in [0.5, 0.6) is 5.75 Å². The lowest BCUT2D eigenvalue weighted by Crippen LogP contribution is -2.35. The van der Waals surface area contributed by atoms with Crippen LogP contribution in [0.1, 0.15) is 25.5 Å². The van der Waals surface area contributed by atoms with Crippen molar-refractivity contribution in [3.05, 3.63) is 29.8 Å². The lowest BCUT2D eigenvalue weighted by molar-refractivity contribution is 0.196. The van der Waals surface area contributed by atoms with E-state index in [1.54, 1.807) is 9.80 Å². The highest BCUT2D eigenvalue weighted by atomic mass is 16.5. The SMILES string of the molecule is CC(C)Oc1ccc(C(N)CN2CCN(C)C2=O)cc1. The summed E-state index contributed by atoms with van der Waals surface area (Å²) in [7, 11) is 1.81. The van der Waals surface area contributed by atoms with Gasteiger partial charge in [-0.25, -0.2) is 4.79 Å². The number of ether oxygens (including phenoxy) is 1. The average molecular weight is 277 g/mol. The summed E-state index contributed by atoms with van der Waals surface area (Å²) >= 11 is 0. The highest BCUT2D eigenvalue weighted by Crippen LogP contribution is 2.19. The molecule has 1 aromatic rings. The van der Waals surface area contributed by atoms with E-state index in [9.17, 15) is 4.79 Å². The topological polar surface area (TPSA) is 58.8 Å². The van der Waals surface area contributed by atoms with E-state index in [1.165, 1.54) is 0 Å². The Morgan fingerprint density at radius 2 is 1.90 bits per heavy atom. The van der Waals surface area contributed by atoms with E-state index in [4.69, 9.17) is 10.5 Å². The minimum atomic E-state index is -0.168. The second kappa shape index (κ2) is 6.13. The van der Waals surface area contributed by atoms with E-state index >= 15 is 0 Å². The van der Waals surface area contributed by atoms with Gasteiger partial charge in [0.05, 0.1) is 6.10 Å². The molecule has 1 aliphatic rings. The molecular formula is C15H23N3O2. The first-order valence-corrected chi connectivity index (χ1v) is 6.99. The second-order valence-electron chi connectivity index (χ2n) is 5.49. The molecule has 0 bridgehead atoms. The van der Waals surface area contributed by atoms with E-state index < -0.39 is 0 Å². The fourth-order valence-electron chi connectivity index (χ4n) is 2.28. The van der Waals surface area contributed by atoms with Gasteiger partial charge in [-0.2, -0.15) is 0 Å². The third kappa shape index (κ3) is 3.42. The van der Waals surface area contributed by atoms with Crippen LogP contribution in [0.25, 0.3) is 0 Å². The number of amides is 2. The molecule has 1 atom stereocenters. The van der Waals surface area contributed by atoms with Crippen molar-refractivity contribution in [3.63, 3.8) is 0 Å². The van der Waals surface area contributed by atoms with E-state index in [1.807, 2.05) is 45.2 Å². The number of hydrogen-bond acceptors (Lipinski definition) is 3. The number of likely N-dealkylation sites (N-methyl/N-ethyl adjacent to an activating group) is 1. The molecular weight excluding hydrogens is 254 g/mol. The molecule has 0 spiro atoms. The van der Waals surface area contributed by atoms with Gasteiger partial charge in [0.2, 0.25) is 0 Å². The molecule has 2 amide bonds. The van der Waals surface area contributed by atoms with Crippen LogP contribution in [-0.2, 0) is 0 Å². The molecule has 5 nitrogen and oxygen atoms in total. The monoisotopic (exact) mass is 277 g/mol. The third-order valence-electron chi connectivity index (χ3n) is 3.40.